The predicted octanol–water partition coefficient (Wildman–Crippen LogP) is 12.7. The summed E-state index contributed by atoms with van der Waals surface area (Å²) in [5, 5.41) is 12.0. The van der Waals surface area contributed by atoms with Gasteiger partial charge in [-0.2, -0.15) is 5.26 Å². The Kier molecular flexibility index (Phi) is 8.74. The van der Waals surface area contributed by atoms with E-state index in [1.165, 1.54) is 38.8 Å². The first-order valence-electron chi connectivity index (χ1n) is 19.7. The van der Waals surface area contributed by atoms with Crippen molar-refractivity contribution in [2.45, 2.75) is 12.3 Å². The number of nitrogens with zero attached hydrogens (tertiary/aromatic N) is 5. The lowest BCUT2D eigenvalue weighted by molar-refractivity contribution is 0.769. The number of hydrogen-bond donors (Lipinski definition) is 0. The average molecular weight is 756 g/mol. The Morgan fingerprint density at radius 1 is 0.593 bits per heavy atom. The van der Waals surface area contributed by atoms with Crippen LogP contribution >= 0.6 is 0 Å². The predicted molar refractivity (Wildman–Crippen MR) is 240 cm³/mol. The van der Waals surface area contributed by atoms with Crippen LogP contribution in [0.1, 0.15) is 40.6 Å². The molecule has 278 valence electrons. The molecule has 9 aromatic rings. The summed E-state index contributed by atoms with van der Waals surface area (Å²) in [6.07, 6.45) is 6.02. The Bertz CT molecular complexity index is 3150. The fourth-order valence-corrected chi connectivity index (χ4v) is 8.90. The molecule has 0 radical (unpaired) electrons. The zero-order chi connectivity index (χ0) is 39.9. The van der Waals surface area contributed by atoms with Gasteiger partial charge in [0.15, 0.2) is 17.5 Å². The minimum atomic E-state index is -0.546. The van der Waals surface area contributed by atoms with E-state index >= 15 is 0 Å². The van der Waals surface area contributed by atoms with Crippen molar-refractivity contribution >= 4 is 33.1 Å². The van der Waals surface area contributed by atoms with Crippen LogP contribution < -0.4 is 0 Å². The molecular formula is C54H37N5. The number of para-hydroxylation sites is 1. The smallest absolute Gasteiger partial charge is 0.164 e. The molecule has 0 N–H and O–H groups in total. The highest BCUT2D eigenvalue weighted by atomic mass is 15.0. The summed E-state index contributed by atoms with van der Waals surface area (Å²) in [6, 6.07) is 63.7. The fraction of sp³-hybridized carbons (Fsp3) is 0.0370. The molecule has 10 rings (SSSR count). The molecule has 1 aliphatic rings. The Morgan fingerprint density at radius 3 is 1.93 bits per heavy atom. The van der Waals surface area contributed by atoms with Crippen LogP contribution in [-0.4, -0.2) is 19.5 Å². The van der Waals surface area contributed by atoms with Gasteiger partial charge in [0, 0.05) is 27.6 Å². The summed E-state index contributed by atoms with van der Waals surface area (Å²) in [5.74, 6) is 1.59. The minimum absolute atomic E-state index is 0.498. The van der Waals surface area contributed by atoms with Crippen molar-refractivity contribution in [3.8, 4) is 40.0 Å². The molecular weight excluding hydrogens is 719 g/mol. The van der Waals surface area contributed by atoms with Crippen LogP contribution in [0, 0.1) is 11.3 Å². The quantitative estimate of drug-likeness (QED) is 0.145. The van der Waals surface area contributed by atoms with E-state index in [1.807, 2.05) is 61.5 Å². The molecule has 0 atom stereocenters. The Morgan fingerprint density at radius 2 is 1.22 bits per heavy atom. The molecule has 59 heavy (non-hydrogen) atoms. The van der Waals surface area contributed by atoms with E-state index < -0.39 is 5.41 Å². The monoisotopic (exact) mass is 755 g/mol. The number of aromatic nitrogens is 4. The summed E-state index contributed by atoms with van der Waals surface area (Å²) in [6.45, 7) is 6.21. The molecule has 2 heterocycles. The van der Waals surface area contributed by atoms with Crippen LogP contribution in [0.3, 0.4) is 0 Å². The Hall–Kier alpha value is -7.94. The van der Waals surface area contributed by atoms with Gasteiger partial charge < -0.3 is 4.57 Å². The van der Waals surface area contributed by atoms with Crippen LogP contribution in [0.4, 0.5) is 0 Å². The van der Waals surface area contributed by atoms with E-state index in [2.05, 4.69) is 151 Å². The number of fused-ring (bicyclic) bond motifs is 6. The second-order valence-corrected chi connectivity index (χ2v) is 14.8. The van der Waals surface area contributed by atoms with Gasteiger partial charge >= 0.3 is 0 Å². The molecule has 2 aromatic heterocycles. The number of rotatable bonds is 8. The van der Waals surface area contributed by atoms with Crippen molar-refractivity contribution < 1.29 is 0 Å². The second kappa shape index (κ2) is 14.5. The van der Waals surface area contributed by atoms with E-state index in [-0.39, 0.29) is 0 Å². The van der Waals surface area contributed by atoms with Gasteiger partial charge in [0.2, 0.25) is 0 Å². The third-order valence-electron chi connectivity index (χ3n) is 11.4. The highest BCUT2D eigenvalue weighted by molar-refractivity contribution is 6.13. The summed E-state index contributed by atoms with van der Waals surface area (Å²) in [4.78, 5) is 14.9. The van der Waals surface area contributed by atoms with Gasteiger partial charge in [-0.05, 0) is 88.4 Å². The summed E-state index contributed by atoms with van der Waals surface area (Å²) in [5.41, 5.74) is 13.0. The van der Waals surface area contributed by atoms with Crippen LogP contribution in [0.15, 0.2) is 201 Å². The molecule has 5 nitrogen and oxygen atoms in total. The molecule has 0 unspecified atom stereocenters. The lowest BCUT2D eigenvalue weighted by Gasteiger charge is -2.34. The normalized spacial score (nSPS) is 13.2. The maximum absolute atomic E-state index is 9.69. The summed E-state index contributed by atoms with van der Waals surface area (Å²) in [7, 11) is 0. The van der Waals surface area contributed by atoms with Crippen LogP contribution in [0.25, 0.3) is 67.0 Å². The molecule has 1 aliphatic carbocycles. The third-order valence-corrected chi connectivity index (χ3v) is 11.4. The van der Waals surface area contributed by atoms with Crippen molar-refractivity contribution in [2.75, 3.05) is 0 Å². The van der Waals surface area contributed by atoms with Crippen LogP contribution in [0.2, 0.25) is 0 Å². The highest BCUT2D eigenvalue weighted by Crippen LogP contribution is 2.57. The molecule has 7 aromatic carbocycles. The van der Waals surface area contributed by atoms with Gasteiger partial charge in [-0.25, -0.2) is 15.0 Å². The molecule has 0 spiro atoms. The summed E-state index contributed by atoms with van der Waals surface area (Å²) < 4.78 is 2.34. The molecule has 0 bridgehead atoms. The van der Waals surface area contributed by atoms with Crippen LogP contribution in [-0.2, 0) is 5.41 Å². The number of benzene rings is 7. The first-order valence-corrected chi connectivity index (χ1v) is 19.7. The zero-order valence-corrected chi connectivity index (χ0v) is 32.4. The van der Waals surface area contributed by atoms with Crippen molar-refractivity contribution in [2.24, 2.45) is 0 Å². The second-order valence-electron chi connectivity index (χ2n) is 14.8. The average Bonchev–Trinajstić information content (AvgIpc) is 3.78. The van der Waals surface area contributed by atoms with E-state index in [9.17, 15) is 5.26 Å². The molecule has 5 heteroatoms. The third kappa shape index (κ3) is 5.81. The highest BCUT2D eigenvalue weighted by Gasteiger charge is 2.46. The molecule has 0 saturated heterocycles. The maximum atomic E-state index is 9.69. The van der Waals surface area contributed by atoms with Crippen molar-refractivity contribution in [3.63, 3.8) is 0 Å². The van der Waals surface area contributed by atoms with Crippen molar-refractivity contribution in [1.82, 2.24) is 19.5 Å². The minimum Gasteiger partial charge on any atom is -0.309 e. The first-order chi connectivity index (χ1) is 29.1. The Labute approximate surface area is 343 Å². The van der Waals surface area contributed by atoms with E-state index in [1.54, 1.807) is 6.07 Å². The Balaban J connectivity index is 1.22. The van der Waals surface area contributed by atoms with Gasteiger partial charge in [0.25, 0.3) is 0 Å². The van der Waals surface area contributed by atoms with E-state index in [0.29, 0.717) is 23.0 Å². The molecule has 0 saturated carbocycles. The number of nitriles is 1. The van der Waals surface area contributed by atoms with Crippen molar-refractivity contribution in [1.29, 1.82) is 5.26 Å². The van der Waals surface area contributed by atoms with Gasteiger partial charge in [-0.1, -0.05) is 158 Å². The molecule has 0 amide bonds. The molecule has 0 aliphatic heterocycles. The van der Waals surface area contributed by atoms with Gasteiger partial charge in [-0.3, -0.25) is 0 Å². The first kappa shape index (κ1) is 35.5. The standard InChI is InChI=1S/C54H37N5/c1-3-18-42(31-36(2)51-56-52(38-20-7-4-8-21-38)58-53(57-51)39-22-17-19-37(32-39)35-55)59-49-30-16-14-28-44(49)46-33-45-43-27-13-15-29-47(43)54(48(45)34-50(46)59,40-23-9-5-10-24-40)41-25-11-6-12-26-41/h3-34H,1H2,2H3/b36-31+,42-18+. The maximum Gasteiger partial charge on any atom is 0.164 e. The van der Waals surface area contributed by atoms with Gasteiger partial charge in [-0.15, -0.1) is 0 Å². The van der Waals surface area contributed by atoms with Crippen LogP contribution in [0.5, 0.6) is 0 Å². The van der Waals surface area contributed by atoms with Gasteiger partial charge in [0.05, 0.1) is 28.1 Å². The van der Waals surface area contributed by atoms with E-state index in [4.69, 9.17) is 15.0 Å². The van der Waals surface area contributed by atoms with Crippen molar-refractivity contribution in [3.05, 3.63) is 234 Å². The van der Waals surface area contributed by atoms with Gasteiger partial charge in [0.1, 0.15) is 0 Å². The van der Waals surface area contributed by atoms with E-state index in [0.717, 1.165) is 38.8 Å². The number of hydrogen-bond acceptors (Lipinski definition) is 4. The zero-order valence-electron chi connectivity index (χ0n) is 32.4. The SMILES string of the molecule is C=C/C=C(\C=C(/C)c1nc(-c2ccccc2)nc(-c2cccc(C#N)c2)n1)n1c2ccccc2c2cc3c(cc21)C(c1ccccc1)(c1ccccc1)c1ccccc1-3. The summed E-state index contributed by atoms with van der Waals surface area (Å²) >= 11 is 0. The number of allylic oxidation sites excluding steroid dienone is 5. The lowest BCUT2D eigenvalue weighted by atomic mass is 9.67. The molecule has 0 fully saturated rings. The fourth-order valence-electron chi connectivity index (χ4n) is 8.90. The lowest BCUT2D eigenvalue weighted by Crippen LogP contribution is -2.28. The largest absolute Gasteiger partial charge is 0.309 e. The topological polar surface area (TPSA) is 67.4 Å².